The van der Waals surface area contributed by atoms with E-state index in [4.69, 9.17) is 4.74 Å². The van der Waals surface area contributed by atoms with Gasteiger partial charge in [0.05, 0.1) is 12.8 Å². The van der Waals surface area contributed by atoms with Crippen LogP contribution in [-0.4, -0.2) is 41.7 Å². The van der Waals surface area contributed by atoms with Crippen molar-refractivity contribution < 1.29 is 17.3 Å². The van der Waals surface area contributed by atoms with Gasteiger partial charge in [0.25, 0.3) is 10.1 Å². The lowest BCUT2D eigenvalue weighted by Gasteiger charge is -2.25. The highest BCUT2D eigenvalue weighted by Gasteiger charge is 2.27. The van der Waals surface area contributed by atoms with Gasteiger partial charge >= 0.3 is 0 Å². The average molecular weight is 382 g/mol. The highest BCUT2D eigenvalue weighted by atomic mass is 32.2. The summed E-state index contributed by atoms with van der Waals surface area (Å²) in [7, 11) is -2.55. The minimum absolute atomic E-state index is 0.261. The number of imidazole rings is 1. The molecule has 9 heteroatoms. The highest BCUT2D eigenvalue weighted by Crippen LogP contribution is 2.29. The van der Waals surface area contributed by atoms with Crippen molar-refractivity contribution in [2.45, 2.75) is 57.9 Å². The predicted octanol–water partition coefficient (Wildman–Crippen LogP) is 2.59. The standard InChI is InChI=1S/C17H26N4O4S/c1-12(2)7-8-13-16-17(19-11-18-13)21(15-6-4-5-9-25-15)14(20-16)10-26(22,23)24-3/h11-12,15H,4-10H2,1-3H3. The summed E-state index contributed by atoms with van der Waals surface area (Å²) in [6.07, 6.45) is 5.84. The molecule has 0 radical (unpaired) electrons. The number of nitrogens with zero attached hydrogens (tertiary/aromatic N) is 4. The monoisotopic (exact) mass is 382 g/mol. The van der Waals surface area contributed by atoms with Gasteiger partial charge in [-0.05, 0) is 38.0 Å². The van der Waals surface area contributed by atoms with Gasteiger partial charge in [-0.25, -0.2) is 15.0 Å². The molecule has 1 fully saturated rings. The molecule has 2 aromatic rings. The summed E-state index contributed by atoms with van der Waals surface area (Å²) in [5, 5.41) is 0. The number of aromatic nitrogens is 4. The number of hydrogen-bond acceptors (Lipinski definition) is 7. The van der Waals surface area contributed by atoms with Crippen molar-refractivity contribution in [1.29, 1.82) is 0 Å². The molecule has 0 aliphatic carbocycles. The summed E-state index contributed by atoms with van der Waals surface area (Å²) < 4.78 is 36.4. The van der Waals surface area contributed by atoms with E-state index in [1.54, 1.807) is 0 Å². The fourth-order valence-electron chi connectivity index (χ4n) is 3.16. The molecule has 3 heterocycles. The van der Waals surface area contributed by atoms with Crippen LogP contribution in [0.5, 0.6) is 0 Å². The summed E-state index contributed by atoms with van der Waals surface area (Å²) in [6.45, 7) is 4.96. The van der Waals surface area contributed by atoms with Crippen molar-refractivity contribution in [3.63, 3.8) is 0 Å². The Kier molecular flexibility index (Phi) is 5.89. The second-order valence-electron chi connectivity index (χ2n) is 7.01. The summed E-state index contributed by atoms with van der Waals surface area (Å²) in [4.78, 5) is 13.4. The molecular formula is C17H26N4O4S. The van der Waals surface area contributed by atoms with E-state index in [0.29, 0.717) is 29.5 Å². The van der Waals surface area contributed by atoms with Gasteiger partial charge in [0, 0.05) is 6.61 Å². The fourth-order valence-corrected chi connectivity index (χ4v) is 3.80. The third-order valence-corrected chi connectivity index (χ3v) is 5.71. The highest BCUT2D eigenvalue weighted by molar-refractivity contribution is 7.85. The van der Waals surface area contributed by atoms with Crippen molar-refractivity contribution in [2.24, 2.45) is 5.92 Å². The van der Waals surface area contributed by atoms with E-state index in [0.717, 1.165) is 44.9 Å². The maximum absolute atomic E-state index is 12.0. The van der Waals surface area contributed by atoms with E-state index < -0.39 is 10.1 Å². The molecule has 3 rings (SSSR count). The van der Waals surface area contributed by atoms with Gasteiger partial charge in [-0.15, -0.1) is 0 Å². The zero-order chi connectivity index (χ0) is 18.7. The Labute approximate surface area is 154 Å². The van der Waals surface area contributed by atoms with Crippen LogP contribution >= 0.6 is 0 Å². The van der Waals surface area contributed by atoms with Crippen LogP contribution in [-0.2, 0) is 31.2 Å². The first-order valence-electron chi connectivity index (χ1n) is 9.02. The smallest absolute Gasteiger partial charge is 0.274 e. The molecule has 0 saturated carbocycles. The Morgan fingerprint density at radius 1 is 1.35 bits per heavy atom. The maximum Gasteiger partial charge on any atom is 0.274 e. The van der Waals surface area contributed by atoms with E-state index in [1.165, 1.54) is 6.33 Å². The lowest BCUT2D eigenvalue weighted by molar-refractivity contribution is -0.0310. The van der Waals surface area contributed by atoms with Gasteiger partial charge in [-0.3, -0.25) is 8.75 Å². The predicted molar refractivity (Wildman–Crippen MR) is 97.0 cm³/mol. The van der Waals surface area contributed by atoms with Gasteiger partial charge < -0.3 is 4.74 Å². The third-order valence-electron chi connectivity index (χ3n) is 4.59. The second kappa shape index (κ2) is 7.98. The van der Waals surface area contributed by atoms with Crippen LogP contribution < -0.4 is 0 Å². The number of rotatable bonds is 7. The van der Waals surface area contributed by atoms with Crippen molar-refractivity contribution in [3.8, 4) is 0 Å². The first-order chi connectivity index (χ1) is 12.4. The van der Waals surface area contributed by atoms with E-state index in [-0.39, 0.29) is 12.0 Å². The summed E-state index contributed by atoms with van der Waals surface area (Å²) in [5.41, 5.74) is 2.13. The van der Waals surface area contributed by atoms with Gasteiger partial charge in [-0.1, -0.05) is 13.8 Å². The molecule has 0 spiro atoms. The molecule has 2 aromatic heterocycles. The molecular weight excluding hydrogens is 356 g/mol. The van der Waals surface area contributed by atoms with Crippen LogP contribution in [0.25, 0.3) is 11.2 Å². The van der Waals surface area contributed by atoms with Gasteiger partial charge in [0.1, 0.15) is 29.6 Å². The minimum atomic E-state index is -3.71. The minimum Gasteiger partial charge on any atom is -0.358 e. The Hall–Kier alpha value is -1.58. The normalized spacial score (nSPS) is 18.7. The lowest BCUT2D eigenvalue weighted by Crippen LogP contribution is -2.22. The number of hydrogen-bond donors (Lipinski definition) is 0. The molecule has 1 aliphatic heterocycles. The number of ether oxygens (including phenoxy) is 1. The molecule has 0 amide bonds. The molecule has 1 aliphatic rings. The van der Waals surface area contributed by atoms with E-state index in [9.17, 15) is 8.42 Å². The van der Waals surface area contributed by atoms with E-state index >= 15 is 0 Å². The molecule has 1 unspecified atom stereocenters. The molecule has 1 atom stereocenters. The molecule has 0 bridgehead atoms. The lowest BCUT2D eigenvalue weighted by atomic mass is 10.1. The first kappa shape index (κ1) is 19.2. The van der Waals surface area contributed by atoms with Gasteiger partial charge in [-0.2, -0.15) is 8.42 Å². The molecule has 0 aromatic carbocycles. The van der Waals surface area contributed by atoms with Crippen LogP contribution in [0, 0.1) is 5.92 Å². The Morgan fingerprint density at radius 3 is 2.81 bits per heavy atom. The fraction of sp³-hybridized carbons (Fsp3) is 0.706. The van der Waals surface area contributed by atoms with Crippen LogP contribution in [0.1, 0.15) is 57.3 Å². The van der Waals surface area contributed by atoms with Crippen molar-refractivity contribution in [3.05, 3.63) is 17.8 Å². The summed E-state index contributed by atoms with van der Waals surface area (Å²) in [5.74, 6) is 0.612. The topological polar surface area (TPSA) is 96.2 Å². The van der Waals surface area contributed by atoms with Gasteiger partial charge in [0.2, 0.25) is 0 Å². The Balaban J connectivity index is 2.08. The SMILES string of the molecule is COS(=O)(=O)Cc1nc2c(CCC(C)C)ncnc2n1C1CCCCO1. The summed E-state index contributed by atoms with van der Waals surface area (Å²) >= 11 is 0. The molecule has 0 N–H and O–H groups in total. The molecule has 1 saturated heterocycles. The maximum atomic E-state index is 12.0. The molecule has 144 valence electrons. The van der Waals surface area contributed by atoms with Crippen molar-refractivity contribution in [2.75, 3.05) is 13.7 Å². The second-order valence-corrected chi connectivity index (χ2v) is 8.75. The molecule has 8 nitrogen and oxygen atoms in total. The quantitative estimate of drug-likeness (QED) is 0.679. The largest absolute Gasteiger partial charge is 0.358 e. The van der Waals surface area contributed by atoms with E-state index in [2.05, 4.69) is 33.0 Å². The Morgan fingerprint density at radius 2 is 2.15 bits per heavy atom. The van der Waals surface area contributed by atoms with Gasteiger partial charge in [0.15, 0.2) is 5.65 Å². The average Bonchev–Trinajstić information content (AvgIpc) is 2.98. The van der Waals surface area contributed by atoms with Crippen LogP contribution in [0.3, 0.4) is 0 Å². The number of aryl methyl sites for hydroxylation is 1. The first-order valence-corrected chi connectivity index (χ1v) is 10.6. The van der Waals surface area contributed by atoms with Crippen molar-refractivity contribution >= 4 is 21.3 Å². The third kappa shape index (κ3) is 4.21. The van der Waals surface area contributed by atoms with Crippen LogP contribution in [0.15, 0.2) is 6.33 Å². The zero-order valence-corrected chi connectivity index (χ0v) is 16.3. The number of fused-ring (bicyclic) bond motifs is 1. The van der Waals surface area contributed by atoms with Crippen LogP contribution in [0.2, 0.25) is 0 Å². The van der Waals surface area contributed by atoms with Crippen molar-refractivity contribution in [1.82, 2.24) is 19.5 Å². The molecule has 26 heavy (non-hydrogen) atoms. The summed E-state index contributed by atoms with van der Waals surface area (Å²) in [6, 6.07) is 0. The zero-order valence-electron chi connectivity index (χ0n) is 15.5. The van der Waals surface area contributed by atoms with Crippen LogP contribution in [0.4, 0.5) is 0 Å². The Bertz CT molecular complexity index is 857. The van der Waals surface area contributed by atoms with E-state index in [1.807, 2.05) is 4.57 Å².